The number of ether oxygens (including phenoxy) is 2. The Morgan fingerprint density at radius 3 is 2.64 bits per heavy atom. The molecule has 172 valence electrons. The predicted molar refractivity (Wildman–Crippen MR) is 125 cm³/mol. The monoisotopic (exact) mass is 487 g/mol. The minimum Gasteiger partial charge on any atom is -0.506 e. The number of anilines is 1. The molecule has 4 rings (SSSR count). The summed E-state index contributed by atoms with van der Waals surface area (Å²) < 4.78 is 38.0. The van der Waals surface area contributed by atoms with Crippen LogP contribution in [0.1, 0.15) is 26.3 Å². The van der Waals surface area contributed by atoms with Gasteiger partial charge in [0.1, 0.15) is 32.9 Å². The van der Waals surface area contributed by atoms with Crippen LogP contribution in [-0.2, 0) is 9.84 Å². The number of fused-ring (bicyclic) bond motifs is 1. The van der Waals surface area contributed by atoms with Crippen LogP contribution < -0.4 is 14.8 Å². The molecule has 0 spiro atoms. The minimum atomic E-state index is -4.07. The highest BCUT2D eigenvalue weighted by Gasteiger charge is 2.37. The van der Waals surface area contributed by atoms with Gasteiger partial charge in [0.2, 0.25) is 15.8 Å². The van der Waals surface area contributed by atoms with E-state index in [2.05, 4.69) is 15.3 Å². The van der Waals surface area contributed by atoms with E-state index in [0.717, 1.165) is 0 Å². The largest absolute Gasteiger partial charge is 0.506 e. The van der Waals surface area contributed by atoms with Crippen molar-refractivity contribution in [2.75, 3.05) is 12.4 Å². The average Bonchev–Trinajstić information content (AvgIpc) is 2.76. The van der Waals surface area contributed by atoms with Crippen molar-refractivity contribution in [3.05, 3.63) is 65.0 Å². The summed E-state index contributed by atoms with van der Waals surface area (Å²) in [6.07, 6.45) is 1.49. The third kappa shape index (κ3) is 4.09. The Morgan fingerprint density at radius 2 is 1.94 bits per heavy atom. The van der Waals surface area contributed by atoms with E-state index in [1.807, 2.05) is 20.8 Å². The maximum absolute atomic E-state index is 13.4. The van der Waals surface area contributed by atoms with E-state index in [9.17, 15) is 13.5 Å². The van der Waals surface area contributed by atoms with Gasteiger partial charge in [-0.2, -0.15) is 0 Å². The molecule has 10 heteroatoms. The van der Waals surface area contributed by atoms with Crippen LogP contribution in [0.2, 0.25) is 5.15 Å². The number of aromatic nitrogens is 2. The second-order valence-corrected chi connectivity index (χ2v) is 10.2. The van der Waals surface area contributed by atoms with Crippen LogP contribution in [0.25, 0.3) is 5.70 Å². The number of phenolic OH excluding ortho intramolecular Hbond substituents is 1. The summed E-state index contributed by atoms with van der Waals surface area (Å²) in [5.74, 6) is 0.447. The number of nitrogens with zero attached hydrogens (tertiary/aromatic N) is 2. The first kappa shape index (κ1) is 22.9. The van der Waals surface area contributed by atoms with Gasteiger partial charge in [-0.3, -0.25) is 0 Å². The highest BCUT2D eigenvalue weighted by Crippen LogP contribution is 2.47. The molecule has 0 aliphatic carbocycles. The van der Waals surface area contributed by atoms with E-state index in [-0.39, 0.29) is 26.5 Å². The number of nitrogens with one attached hydrogen (secondary N) is 1. The molecule has 0 saturated heterocycles. The zero-order chi connectivity index (χ0) is 24.0. The normalized spacial score (nSPS) is 14.9. The maximum Gasteiger partial charge on any atom is 0.228 e. The molecule has 0 bridgehead atoms. The van der Waals surface area contributed by atoms with Crippen molar-refractivity contribution in [3.8, 4) is 17.2 Å². The zero-order valence-electron chi connectivity index (χ0n) is 18.4. The lowest BCUT2D eigenvalue weighted by atomic mass is 9.90. The van der Waals surface area contributed by atoms with Crippen LogP contribution >= 0.6 is 11.6 Å². The SMILES string of the molecule is COc1cccc(S(=O)(=O)c2ccc3c(c2O)C(Nc2nccc(Cl)n2)=C(C)C(C)(C)O3)c1. The average molecular weight is 488 g/mol. The lowest BCUT2D eigenvalue weighted by Crippen LogP contribution is -2.35. The van der Waals surface area contributed by atoms with Gasteiger partial charge in [-0.1, -0.05) is 17.7 Å². The van der Waals surface area contributed by atoms with Crippen molar-refractivity contribution in [1.29, 1.82) is 0 Å². The number of rotatable bonds is 5. The fourth-order valence-electron chi connectivity index (χ4n) is 3.50. The van der Waals surface area contributed by atoms with E-state index >= 15 is 0 Å². The number of hydrogen-bond acceptors (Lipinski definition) is 8. The molecular formula is C23H22ClN3O5S. The molecule has 0 saturated carbocycles. The number of halogens is 1. The third-order valence-corrected chi connectivity index (χ3v) is 7.49. The highest BCUT2D eigenvalue weighted by atomic mass is 35.5. The van der Waals surface area contributed by atoms with Crippen LogP contribution in [0.4, 0.5) is 5.95 Å². The van der Waals surface area contributed by atoms with Gasteiger partial charge >= 0.3 is 0 Å². The molecule has 0 atom stereocenters. The Labute approximate surface area is 196 Å². The number of hydrogen-bond donors (Lipinski definition) is 2. The summed E-state index contributed by atoms with van der Waals surface area (Å²) in [5, 5.41) is 14.5. The van der Waals surface area contributed by atoms with Crippen molar-refractivity contribution < 1.29 is 23.0 Å². The molecule has 1 aromatic heterocycles. The molecule has 0 unspecified atom stereocenters. The molecule has 1 aliphatic rings. The van der Waals surface area contributed by atoms with Crippen LogP contribution in [0.15, 0.2) is 64.0 Å². The summed E-state index contributed by atoms with van der Waals surface area (Å²) in [6.45, 7) is 5.55. The van der Waals surface area contributed by atoms with Gasteiger partial charge in [-0.05, 0) is 62.7 Å². The Kier molecular flexibility index (Phi) is 5.71. The van der Waals surface area contributed by atoms with E-state index < -0.39 is 21.2 Å². The summed E-state index contributed by atoms with van der Waals surface area (Å²) in [7, 11) is -2.62. The zero-order valence-corrected chi connectivity index (χ0v) is 20.0. The number of methoxy groups -OCH3 is 1. The maximum atomic E-state index is 13.4. The predicted octanol–water partition coefficient (Wildman–Crippen LogP) is 4.69. The molecule has 2 aromatic carbocycles. The molecule has 8 nitrogen and oxygen atoms in total. The van der Waals surface area contributed by atoms with Crippen molar-refractivity contribution in [3.63, 3.8) is 0 Å². The molecule has 2 heterocycles. The quantitative estimate of drug-likeness (QED) is 0.498. The summed E-state index contributed by atoms with van der Waals surface area (Å²) in [4.78, 5) is 8.03. The first-order chi connectivity index (χ1) is 15.5. The van der Waals surface area contributed by atoms with E-state index in [1.165, 1.54) is 43.6 Å². The third-order valence-electron chi connectivity index (χ3n) is 5.50. The smallest absolute Gasteiger partial charge is 0.228 e. The second-order valence-electron chi connectivity index (χ2n) is 7.91. The molecule has 0 radical (unpaired) electrons. The van der Waals surface area contributed by atoms with Gasteiger partial charge in [-0.25, -0.2) is 18.4 Å². The van der Waals surface area contributed by atoms with Gasteiger partial charge in [0.25, 0.3) is 0 Å². The molecule has 33 heavy (non-hydrogen) atoms. The molecule has 2 N–H and O–H groups in total. The first-order valence-corrected chi connectivity index (χ1v) is 11.8. The van der Waals surface area contributed by atoms with Gasteiger partial charge in [-0.15, -0.1) is 0 Å². The lowest BCUT2D eigenvalue weighted by molar-refractivity contribution is 0.143. The number of phenols is 1. The summed E-state index contributed by atoms with van der Waals surface area (Å²) in [5.41, 5.74) is 0.598. The summed E-state index contributed by atoms with van der Waals surface area (Å²) in [6, 6.07) is 10.4. The van der Waals surface area contributed by atoms with Gasteiger partial charge < -0.3 is 19.9 Å². The van der Waals surface area contributed by atoms with Crippen molar-refractivity contribution in [1.82, 2.24) is 9.97 Å². The van der Waals surface area contributed by atoms with Gasteiger partial charge in [0.15, 0.2) is 0 Å². The topological polar surface area (TPSA) is 111 Å². The van der Waals surface area contributed by atoms with Gasteiger partial charge in [0.05, 0.1) is 23.3 Å². The molecule has 3 aromatic rings. The fourth-order valence-corrected chi connectivity index (χ4v) is 5.02. The Balaban J connectivity index is 1.90. The highest BCUT2D eigenvalue weighted by molar-refractivity contribution is 7.91. The van der Waals surface area contributed by atoms with Crippen LogP contribution in [-0.4, -0.2) is 36.2 Å². The number of benzene rings is 2. The standard InChI is InChI=1S/C23H22ClN3O5S/c1-13-20(27-22-25-11-10-18(24)26-22)19-16(32-23(13,2)3)8-9-17(21(19)28)33(29,30)15-7-5-6-14(12-15)31-4/h5-12,28H,1-4H3,(H,25,26,27). The van der Waals surface area contributed by atoms with Crippen LogP contribution in [0, 0.1) is 0 Å². The fraction of sp³-hybridized carbons (Fsp3) is 0.217. The molecule has 0 amide bonds. The van der Waals surface area contributed by atoms with Crippen LogP contribution in [0.3, 0.4) is 0 Å². The van der Waals surface area contributed by atoms with E-state index in [4.69, 9.17) is 21.1 Å². The first-order valence-electron chi connectivity index (χ1n) is 9.96. The Hall–Kier alpha value is -3.30. The second kappa shape index (κ2) is 8.24. The molecule has 1 aliphatic heterocycles. The Bertz CT molecular complexity index is 1390. The Morgan fingerprint density at radius 1 is 1.18 bits per heavy atom. The van der Waals surface area contributed by atoms with Crippen molar-refractivity contribution >= 4 is 33.1 Å². The molecule has 0 fully saturated rings. The lowest BCUT2D eigenvalue weighted by Gasteiger charge is -2.36. The van der Waals surface area contributed by atoms with E-state index in [1.54, 1.807) is 12.1 Å². The minimum absolute atomic E-state index is 0.0115. The summed E-state index contributed by atoms with van der Waals surface area (Å²) >= 11 is 5.99. The van der Waals surface area contributed by atoms with Crippen molar-refractivity contribution in [2.45, 2.75) is 36.2 Å². The van der Waals surface area contributed by atoms with Gasteiger partial charge in [0, 0.05) is 6.20 Å². The van der Waals surface area contributed by atoms with E-state index in [0.29, 0.717) is 22.8 Å². The molecular weight excluding hydrogens is 466 g/mol. The van der Waals surface area contributed by atoms with Crippen LogP contribution in [0.5, 0.6) is 17.2 Å². The van der Waals surface area contributed by atoms with Crippen molar-refractivity contribution in [2.24, 2.45) is 0 Å². The number of aromatic hydroxyl groups is 1. The number of sulfone groups is 1.